The van der Waals surface area contributed by atoms with Crippen LogP contribution in [0.3, 0.4) is 0 Å². The van der Waals surface area contributed by atoms with Gasteiger partial charge in [-0.3, -0.25) is 9.48 Å². The van der Waals surface area contributed by atoms with Crippen molar-refractivity contribution in [3.63, 3.8) is 0 Å². The van der Waals surface area contributed by atoms with Crippen LogP contribution in [0, 0.1) is 12.7 Å². The summed E-state index contributed by atoms with van der Waals surface area (Å²) in [6, 6.07) is 9.61. The van der Waals surface area contributed by atoms with Crippen LogP contribution in [0.1, 0.15) is 27.4 Å². The number of aryl methyl sites for hydroxylation is 1. The van der Waals surface area contributed by atoms with Gasteiger partial charge < -0.3 is 14.5 Å². The number of ether oxygens (including phenoxy) is 1. The summed E-state index contributed by atoms with van der Waals surface area (Å²) in [6.07, 6.45) is 3.41. The summed E-state index contributed by atoms with van der Waals surface area (Å²) in [7, 11) is 0. The number of carbonyl (C=O) groups is 2. The van der Waals surface area contributed by atoms with Gasteiger partial charge in [0, 0.05) is 18.9 Å². The Morgan fingerprint density at radius 1 is 1.30 bits per heavy atom. The summed E-state index contributed by atoms with van der Waals surface area (Å²) in [5.74, 6) is -1.02. The Bertz CT molecular complexity index is 934. The minimum atomic E-state index is -0.738. The first-order chi connectivity index (χ1) is 13.0. The van der Waals surface area contributed by atoms with E-state index in [4.69, 9.17) is 9.15 Å². The first kappa shape index (κ1) is 18.4. The van der Waals surface area contributed by atoms with E-state index in [1.165, 1.54) is 12.1 Å². The second kappa shape index (κ2) is 8.31. The van der Waals surface area contributed by atoms with Crippen LogP contribution in [-0.4, -0.2) is 28.3 Å². The van der Waals surface area contributed by atoms with Crippen LogP contribution < -0.4 is 5.32 Å². The first-order valence-electron chi connectivity index (χ1n) is 8.26. The molecule has 1 amide bonds. The number of rotatable bonds is 7. The smallest absolute Gasteiger partial charge is 0.374 e. The largest absolute Gasteiger partial charge is 0.452 e. The SMILES string of the molecule is Cc1ccc(CNC(=O)COC(=O)c2ccc(Cn3cccn3)o2)cc1F. The fourth-order valence-electron chi connectivity index (χ4n) is 2.33. The molecular weight excluding hydrogens is 353 g/mol. The predicted molar refractivity (Wildman–Crippen MR) is 93.3 cm³/mol. The second-order valence-corrected chi connectivity index (χ2v) is 5.91. The van der Waals surface area contributed by atoms with Crippen LogP contribution in [0.25, 0.3) is 0 Å². The van der Waals surface area contributed by atoms with Gasteiger partial charge in [-0.05, 0) is 42.3 Å². The number of aromatic nitrogens is 2. The quantitative estimate of drug-likeness (QED) is 0.645. The maximum Gasteiger partial charge on any atom is 0.374 e. The van der Waals surface area contributed by atoms with Crippen LogP contribution in [0.4, 0.5) is 4.39 Å². The molecule has 0 saturated heterocycles. The molecule has 7 nitrogen and oxygen atoms in total. The Labute approximate surface area is 154 Å². The Kier molecular flexibility index (Phi) is 5.65. The van der Waals surface area contributed by atoms with Crippen molar-refractivity contribution in [3.05, 3.63) is 77.3 Å². The third-order valence-corrected chi connectivity index (χ3v) is 3.80. The van der Waals surface area contributed by atoms with Crippen LogP contribution >= 0.6 is 0 Å². The molecule has 1 aromatic carbocycles. The van der Waals surface area contributed by atoms with Gasteiger partial charge in [0.1, 0.15) is 11.6 Å². The topological polar surface area (TPSA) is 86.4 Å². The zero-order chi connectivity index (χ0) is 19.2. The molecule has 0 saturated carbocycles. The molecule has 0 bridgehead atoms. The van der Waals surface area contributed by atoms with E-state index in [0.29, 0.717) is 23.4 Å². The van der Waals surface area contributed by atoms with Crippen molar-refractivity contribution in [1.82, 2.24) is 15.1 Å². The number of hydrogen-bond donors (Lipinski definition) is 1. The summed E-state index contributed by atoms with van der Waals surface area (Å²) in [4.78, 5) is 23.7. The summed E-state index contributed by atoms with van der Waals surface area (Å²) in [5.41, 5.74) is 1.15. The van der Waals surface area contributed by atoms with Gasteiger partial charge >= 0.3 is 5.97 Å². The monoisotopic (exact) mass is 371 g/mol. The van der Waals surface area contributed by atoms with E-state index >= 15 is 0 Å². The number of furan rings is 1. The minimum absolute atomic E-state index is 0.00515. The average Bonchev–Trinajstić information content (AvgIpc) is 3.33. The number of nitrogens with zero attached hydrogens (tertiary/aromatic N) is 2. The van der Waals surface area contributed by atoms with Crippen LogP contribution in [0.5, 0.6) is 0 Å². The molecule has 2 heterocycles. The first-order valence-corrected chi connectivity index (χ1v) is 8.26. The van der Waals surface area contributed by atoms with Crippen molar-refractivity contribution in [2.24, 2.45) is 0 Å². The molecule has 1 N–H and O–H groups in total. The highest BCUT2D eigenvalue weighted by Crippen LogP contribution is 2.11. The lowest BCUT2D eigenvalue weighted by atomic mass is 10.1. The van der Waals surface area contributed by atoms with Gasteiger partial charge in [-0.25, -0.2) is 9.18 Å². The Balaban J connectivity index is 1.45. The standard InChI is InChI=1S/C19H18FN3O4/c1-13-3-4-14(9-16(13)20)10-21-18(24)12-26-19(25)17-6-5-15(27-17)11-23-8-2-7-22-23/h2-9H,10-12H2,1H3,(H,21,24). The zero-order valence-electron chi connectivity index (χ0n) is 14.6. The molecule has 27 heavy (non-hydrogen) atoms. The molecule has 0 spiro atoms. The van der Waals surface area contributed by atoms with Crippen molar-refractivity contribution >= 4 is 11.9 Å². The van der Waals surface area contributed by atoms with Crippen molar-refractivity contribution < 1.29 is 23.1 Å². The molecule has 3 aromatic rings. The van der Waals surface area contributed by atoms with E-state index in [1.807, 2.05) is 0 Å². The number of benzene rings is 1. The van der Waals surface area contributed by atoms with Gasteiger partial charge in [-0.2, -0.15) is 5.10 Å². The van der Waals surface area contributed by atoms with E-state index in [2.05, 4.69) is 10.4 Å². The Hall–Kier alpha value is -3.42. The molecule has 0 radical (unpaired) electrons. The molecule has 3 rings (SSSR count). The highest BCUT2D eigenvalue weighted by atomic mass is 19.1. The number of esters is 1. The molecule has 0 atom stereocenters. The maximum atomic E-state index is 13.5. The second-order valence-electron chi connectivity index (χ2n) is 5.91. The van der Waals surface area contributed by atoms with Gasteiger partial charge in [-0.15, -0.1) is 0 Å². The molecule has 0 unspecified atom stereocenters. The number of amides is 1. The van der Waals surface area contributed by atoms with Gasteiger partial charge in [-0.1, -0.05) is 12.1 Å². The van der Waals surface area contributed by atoms with E-state index < -0.39 is 18.5 Å². The van der Waals surface area contributed by atoms with E-state index in [-0.39, 0.29) is 18.1 Å². The van der Waals surface area contributed by atoms with Crippen molar-refractivity contribution in [2.75, 3.05) is 6.61 Å². The highest BCUT2D eigenvalue weighted by molar-refractivity contribution is 5.88. The number of nitrogens with one attached hydrogen (secondary N) is 1. The Morgan fingerprint density at radius 3 is 2.89 bits per heavy atom. The summed E-state index contributed by atoms with van der Waals surface area (Å²) in [6.45, 7) is 1.73. The van der Waals surface area contributed by atoms with Crippen LogP contribution in [-0.2, 0) is 22.6 Å². The summed E-state index contributed by atoms with van der Waals surface area (Å²) >= 11 is 0. The van der Waals surface area contributed by atoms with Crippen LogP contribution in [0.15, 0.2) is 53.2 Å². The predicted octanol–water partition coefficient (Wildman–Crippen LogP) is 2.45. The summed E-state index contributed by atoms with van der Waals surface area (Å²) in [5, 5.41) is 6.61. The van der Waals surface area contributed by atoms with Crippen molar-refractivity contribution in [2.45, 2.75) is 20.0 Å². The molecule has 140 valence electrons. The fourth-order valence-corrected chi connectivity index (χ4v) is 2.33. The lowest BCUT2D eigenvalue weighted by Gasteiger charge is -2.07. The van der Waals surface area contributed by atoms with Gasteiger partial charge in [0.2, 0.25) is 5.76 Å². The van der Waals surface area contributed by atoms with Crippen LogP contribution in [0.2, 0.25) is 0 Å². The summed E-state index contributed by atoms with van der Waals surface area (Å²) < 4.78 is 25.4. The highest BCUT2D eigenvalue weighted by Gasteiger charge is 2.15. The molecular formula is C19H18FN3O4. The minimum Gasteiger partial charge on any atom is -0.452 e. The Morgan fingerprint density at radius 2 is 2.15 bits per heavy atom. The lowest BCUT2D eigenvalue weighted by molar-refractivity contribution is -0.124. The van der Waals surface area contributed by atoms with Crippen molar-refractivity contribution in [3.8, 4) is 0 Å². The third-order valence-electron chi connectivity index (χ3n) is 3.80. The lowest BCUT2D eigenvalue weighted by Crippen LogP contribution is -2.28. The normalized spacial score (nSPS) is 10.6. The van der Waals surface area contributed by atoms with Crippen molar-refractivity contribution in [1.29, 1.82) is 0 Å². The molecule has 0 fully saturated rings. The van der Waals surface area contributed by atoms with E-state index in [1.54, 1.807) is 48.3 Å². The average molecular weight is 371 g/mol. The number of halogens is 1. The zero-order valence-corrected chi connectivity index (χ0v) is 14.6. The number of hydrogen-bond acceptors (Lipinski definition) is 5. The molecule has 0 aliphatic carbocycles. The van der Waals surface area contributed by atoms with Gasteiger partial charge in [0.15, 0.2) is 6.61 Å². The fraction of sp³-hybridized carbons (Fsp3) is 0.211. The van der Waals surface area contributed by atoms with E-state index in [0.717, 1.165) is 0 Å². The number of carbonyl (C=O) groups excluding carboxylic acids is 2. The van der Waals surface area contributed by atoms with Gasteiger partial charge in [0.25, 0.3) is 5.91 Å². The molecule has 2 aromatic heterocycles. The molecule has 8 heteroatoms. The maximum absolute atomic E-state index is 13.5. The van der Waals surface area contributed by atoms with E-state index in [9.17, 15) is 14.0 Å². The third kappa shape index (κ3) is 5.04. The van der Waals surface area contributed by atoms with Gasteiger partial charge in [0.05, 0.1) is 6.54 Å². The molecule has 0 aliphatic heterocycles. The molecule has 0 aliphatic rings.